The van der Waals surface area contributed by atoms with Crippen LogP contribution >= 0.6 is 23.3 Å². The summed E-state index contributed by atoms with van der Waals surface area (Å²) in [6, 6.07) is 7.14. The fraction of sp³-hybridized carbons (Fsp3) is 0.250. The zero-order valence-corrected chi connectivity index (χ0v) is 9.59. The van der Waals surface area contributed by atoms with Gasteiger partial charge in [-0.2, -0.15) is 0 Å². The van der Waals surface area contributed by atoms with Crippen LogP contribution in [0.4, 0.5) is 0 Å². The first-order valence-corrected chi connectivity index (χ1v) is 6.73. The lowest BCUT2D eigenvalue weighted by Crippen LogP contribution is -1.97. The van der Waals surface area contributed by atoms with Crippen LogP contribution in [0.2, 0.25) is 0 Å². The van der Waals surface area contributed by atoms with Gasteiger partial charge in [-0.25, -0.2) is 0 Å². The van der Waals surface area contributed by atoms with Crippen LogP contribution in [-0.2, 0) is 4.57 Å². The Labute approximate surface area is 85.3 Å². The topological polar surface area (TPSA) is 46.5 Å². The first-order valence-electron chi connectivity index (χ1n) is 3.65. The average Bonchev–Trinajstić information content (AvgIpc) is 2.00. The Morgan fingerprint density at radius 1 is 1.62 bits per heavy atom. The Bertz CT molecular complexity index is 334. The summed E-state index contributed by atoms with van der Waals surface area (Å²) in [5, 5.41) is 0. The number of ether oxygens (including phenoxy) is 1. The molecule has 1 unspecified atom stereocenters. The highest BCUT2D eigenvalue weighted by Crippen LogP contribution is 2.35. The second-order valence-corrected chi connectivity index (χ2v) is 6.06. The molecule has 0 spiro atoms. The SMILES string of the molecule is CP(=O)(O)COc1cccc(Br)c1. The van der Waals surface area contributed by atoms with Crippen LogP contribution in [0.1, 0.15) is 0 Å². The van der Waals surface area contributed by atoms with Crippen LogP contribution in [0.25, 0.3) is 0 Å². The van der Waals surface area contributed by atoms with Gasteiger partial charge in [0.05, 0.1) is 0 Å². The van der Waals surface area contributed by atoms with Crippen LogP contribution in [0, 0.1) is 0 Å². The zero-order chi connectivity index (χ0) is 9.90. The molecule has 1 aromatic carbocycles. The van der Waals surface area contributed by atoms with Crippen molar-refractivity contribution in [1.82, 2.24) is 0 Å². The predicted octanol–water partition coefficient (Wildman–Crippen LogP) is 2.69. The summed E-state index contributed by atoms with van der Waals surface area (Å²) in [5.74, 6) is 0.588. The summed E-state index contributed by atoms with van der Waals surface area (Å²) in [4.78, 5) is 8.97. The molecular weight excluding hydrogens is 255 g/mol. The van der Waals surface area contributed by atoms with Crippen molar-refractivity contribution in [2.75, 3.05) is 13.0 Å². The van der Waals surface area contributed by atoms with Gasteiger partial charge in [0.2, 0.25) is 7.37 Å². The Morgan fingerprint density at radius 2 is 2.31 bits per heavy atom. The van der Waals surface area contributed by atoms with Gasteiger partial charge in [0, 0.05) is 11.1 Å². The molecule has 0 fully saturated rings. The smallest absolute Gasteiger partial charge is 0.233 e. The van der Waals surface area contributed by atoms with E-state index in [1.54, 1.807) is 18.2 Å². The van der Waals surface area contributed by atoms with Crippen molar-refractivity contribution < 1.29 is 14.2 Å². The van der Waals surface area contributed by atoms with E-state index in [2.05, 4.69) is 15.9 Å². The molecular formula is C8H10BrO3P. The van der Waals surface area contributed by atoms with Crippen LogP contribution < -0.4 is 4.74 Å². The lowest BCUT2D eigenvalue weighted by atomic mass is 10.3. The van der Waals surface area contributed by atoms with E-state index in [-0.39, 0.29) is 6.35 Å². The van der Waals surface area contributed by atoms with Gasteiger partial charge in [-0.3, -0.25) is 4.57 Å². The molecule has 1 N–H and O–H groups in total. The number of hydrogen-bond acceptors (Lipinski definition) is 2. The van der Waals surface area contributed by atoms with Gasteiger partial charge in [0.25, 0.3) is 0 Å². The maximum atomic E-state index is 10.9. The molecule has 0 aliphatic rings. The summed E-state index contributed by atoms with van der Waals surface area (Å²) in [6.45, 7) is 1.27. The van der Waals surface area contributed by atoms with Crippen LogP contribution in [0.15, 0.2) is 28.7 Å². The molecule has 0 saturated carbocycles. The second-order valence-electron chi connectivity index (χ2n) is 2.78. The van der Waals surface area contributed by atoms with E-state index in [1.807, 2.05) is 6.07 Å². The van der Waals surface area contributed by atoms with Crippen LogP contribution in [-0.4, -0.2) is 17.9 Å². The average molecular weight is 265 g/mol. The van der Waals surface area contributed by atoms with E-state index in [1.165, 1.54) is 6.66 Å². The molecule has 1 aromatic rings. The maximum absolute atomic E-state index is 10.9. The van der Waals surface area contributed by atoms with Gasteiger partial charge in [0.15, 0.2) is 6.35 Å². The monoisotopic (exact) mass is 264 g/mol. The Hall–Kier alpha value is -0.310. The number of rotatable bonds is 3. The molecule has 3 nitrogen and oxygen atoms in total. The van der Waals surface area contributed by atoms with Gasteiger partial charge in [0.1, 0.15) is 5.75 Å². The Kier molecular flexibility index (Phi) is 3.54. The molecule has 5 heteroatoms. The molecule has 0 amide bonds. The minimum absolute atomic E-state index is 0.149. The fourth-order valence-corrected chi connectivity index (χ4v) is 1.52. The maximum Gasteiger partial charge on any atom is 0.233 e. The van der Waals surface area contributed by atoms with Gasteiger partial charge in [-0.1, -0.05) is 22.0 Å². The molecule has 13 heavy (non-hydrogen) atoms. The van der Waals surface area contributed by atoms with Gasteiger partial charge in [-0.05, 0) is 18.2 Å². The van der Waals surface area contributed by atoms with Crippen molar-refractivity contribution in [2.24, 2.45) is 0 Å². The van der Waals surface area contributed by atoms with Crippen molar-refractivity contribution in [2.45, 2.75) is 0 Å². The second kappa shape index (κ2) is 4.27. The van der Waals surface area contributed by atoms with Gasteiger partial charge >= 0.3 is 0 Å². The minimum atomic E-state index is -3.08. The molecule has 1 atom stereocenters. The molecule has 0 aromatic heterocycles. The van der Waals surface area contributed by atoms with E-state index < -0.39 is 7.37 Å². The number of halogens is 1. The highest BCUT2D eigenvalue weighted by molar-refractivity contribution is 9.10. The van der Waals surface area contributed by atoms with Gasteiger partial charge < -0.3 is 9.63 Å². The first-order chi connectivity index (χ1) is 5.97. The van der Waals surface area contributed by atoms with E-state index in [0.29, 0.717) is 5.75 Å². The third-order valence-corrected chi connectivity index (χ3v) is 2.37. The predicted molar refractivity (Wildman–Crippen MR) is 55.4 cm³/mol. The normalized spacial score (nSPS) is 15.0. The summed E-state index contributed by atoms with van der Waals surface area (Å²) in [6.07, 6.45) is -0.149. The molecule has 0 aliphatic heterocycles. The van der Waals surface area contributed by atoms with Crippen molar-refractivity contribution in [3.05, 3.63) is 28.7 Å². The molecule has 0 aliphatic carbocycles. The fourth-order valence-electron chi connectivity index (χ4n) is 0.751. The highest BCUT2D eigenvalue weighted by Gasteiger charge is 2.10. The number of benzene rings is 1. The van der Waals surface area contributed by atoms with Crippen molar-refractivity contribution in [1.29, 1.82) is 0 Å². The quantitative estimate of drug-likeness (QED) is 0.854. The van der Waals surface area contributed by atoms with Crippen molar-refractivity contribution in [3.8, 4) is 5.75 Å². The van der Waals surface area contributed by atoms with E-state index in [0.717, 1.165) is 4.47 Å². The molecule has 72 valence electrons. The zero-order valence-electron chi connectivity index (χ0n) is 7.11. The molecule has 1 rings (SSSR count). The van der Waals surface area contributed by atoms with E-state index in [9.17, 15) is 4.57 Å². The van der Waals surface area contributed by atoms with E-state index in [4.69, 9.17) is 9.63 Å². The Morgan fingerprint density at radius 3 is 2.85 bits per heavy atom. The molecule has 0 bridgehead atoms. The van der Waals surface area contributed by atoms with Crippen molar-refractivity contribution in [3.63, 3.8) is 0 Å². The third kappa shape index (κ3) is 4.46. The summed E-state index contributed by atoms with van der Waals surface area (Å²) in [5.41, 5.74) is 0. The lowest BCUT2D eigenvalue weighted by molar-refractivity contribution is 0.352. The van der Waals surface area contributed by atoms with Gasteiger partial charge in [-0.15, -0.1) is 0 Å². The Balaban J connectivity index is 2.60. The first kappa shape index (κ1) is 10.8. The summed E-state index contributed by atoms with van der Waals surface area (Å²) < 4.78 is 16.9. The molecule has 0 heterocycles. The van der Waals surface area contributed by atoms with Crippen molar-refractivity contribution >= 4 is 23.3 Å². The standard InChI is InChI=1S/C8H10BrO3P/c1-13(10,11)6-12-8-4-2-3-7(9)5-8/h2-5H,6H2,1H3,(H,10,11). The molecule has 0 saturated heterocycles. The molecule has 0 radical (unpaired) electrons. The minimum Gasteiger partial charge on any atom is -0.483 e. The van der Waals surface area contributed by atoms with Crippen LogP contribution in [0.3, 0.4) is 0 Å². The lowest BCUT2D eigenvalue weighted by Gasteiger charge is -2.08. The third-order valence-electron chi connectivity index (χ3n) is 1.27. The summed E-state index contributed by atoms with van der Waals surface area (Å²) in [7, 11) is -3.08. The van der Waals surface area contributed by atoms with E-state index >= 15 is 0 Å². The highest BCUT2D eigenvalue weighted by atomic mass is 79.9. The largest absolute Gasteiger partial charge is 0.483 e. The number of hydrogen-bond donors (Lipinski definition) is 1. The summed E-state index contributed by atoms with van der Waals surface area (Å²) >= 11 is 3.27. The van der Waals surface area contributed by atoms with Crippen LogP contribution in [0.5, 0.6) is 5.75 Å².